The van der Waals surface area contributed by atoms with Crippen LogP contribution in [0.1, 0.15) is 26.7 Å². The third-order valence-corrected chi connectivity index (χ3v) is 2.96. The minimum absolute atomic E-state index is 0.0283. The Morgan fingerprint density at radius 1 is 1.31 bits per heavy atom. The van der Waals surface area contributed by atoms with Crippen molar-refractivity contribution in [2.75, 3.05) is 0 Å². The molecule has 0 saturated heterocycles. The zero-order valence-electron chi connectivity index (χ0n) is 7.90. The van der Waals surface area contributed by atoms with Crippen LogP contribution < -0.4 is 0 Å². The van der Waals surface area contributed by atoms with Crippen LogP contribution in [0.4, 0.5) is 0 Å². The van der Waals surface area contributed by atoms with E-state index < -0.39 is 23.6 Å². The van der Waals surface area contributed by atoms with Gasteiger partial charge in [0.25, 0.3) is 0 Å². The van der Waals surface area contributed by atoms with Gasteiger partial charge in [0.1, 0.15) is 5.60 Å². The Balaban J connectivity index is 2.79. The number of aliphatic hydroxyl groups excluding tert-OH is 2. The molecule has 4 heteroatoms. The Bertz CT molecular complexity index is 202. The molecule has 2 atom stereocenters. The fourth-order valence-corrected chi connectivity index (χ4v) is 1.69. The fraction of sp³-hybridized carbons (Fsp3) is 0.889. The van der Waals surface area contributed by atoms with Gasteiger partial charge in [-0.15, -0.1) is 0 Å². The Hall–Kier alpha value is -0.450. The van der Waals surface area contributed by atoms with E-state index in [0.29, 0.717) is 0 Å². The van der Waals surface area contributed by atoms with Crippen LogP contribution in [-0.4, -0.2) is 38.9 Å². The van der Waals surface area contributed by atoms with E-state index >= 15 is 0 Å². The predicted octanol–water partition coefficient (Wildman–Crippen LogP) is -0.542. The van der Waals surface area contributed by atoms with Crippen LogP contribution in [0.5, 0.6) is 0 Å². The highest BCUT2D eigenvalue weighted by atomic mass is 16.3. The molecule has 1 saturated carbocycles. The van der Waals surface area contributed by atoms with Crippen molar-refractivity contribution in [3.05, 3.63) is 0 Å². The molecule has 0 aromatic carbocycles. The lowest BCUT2D eigenvalue weighted by Gasteiger charge is -2.39. The molecule has 0 amide bonds. The van der Waals surface area contributed by atoms with E-state index in [4.69, 9.17) is 0 Å². The molecule has 0 aromatic heterocycles. The average molecular weight is 188 g/mol. The molecule has 76 valence electrons. The largest absolute Gasteiger partial charge is 0.393 e. The zero-order valence-corrected chi connectivity index (χ0v) is 7.90. The molecule has 0 heterocycles. The van der Waals surface area contributed by atoms with Gasteiger partial charge in [0.2, 0.25) is 0 Å². The highest BCUT2D eigenvalue weighted by Gasteiger charge is 2.45. The summed E-state index contributed by atoms with van der Waals surface area (Å²) in [6, 6.07) is 0. The molecule has 0 aromatic rings. The Labute approximate surface area is 77.2 Å². The minimum Gasteiger partial charge on any atom is -0.393 e. The summed E-state index contributed by atoms with van der Waals surface area (Å²) in [6.07, 6.45) is -1.56. The first-order chi connectivity index (χ1) is 5.87. The van der Waals surface area contributed by atoms with E-state index in [2.05, 4.69) is 0 Å². The molecule has 0 radical (unpaired) electrons. The van der Waals surface area contributed by atoms with Crippen LogP contribution in [0.3, 0.4) is 0 Å². The third kappa shape index (κ3) is 1.90. The lowest BCUT2D eigenvalue weighted by atomic mass is 9.74. The molecule has 1 fully saturated rings. The van der Waals surface area contributed by atoms with E-state index in [1.165, 1.54) is 6.92 Å². The van der Waals surface area contributed by atoms with Crippen LogP contribution in [0.2, 0.25) is 0 Å². The highest BCUT2D eigenvalue weighted by molar-refractivity contribution is 5.84. The maximum absolute atomic E-state index is 11.0. The van der Waals surface area contributed by atoms with Crippen molar-refractivity contribution in [2.24, 2.45) is 5.92 Å². The van der Waals surface area contributed by atoms with Gasteiger partial charge in [0, 0.05) is 18.8 Å². The lowest BCUT2D eigenvalue weighted by molar-refractivity contribution is -0.156. The fourth-order valence-electron chi connectivity index (χ4n) is 1.69. The number of Topliss-reactive ketones (excluding diaryl/α,β-unsaturated/α-hetero) is 1. The van der Waals surface area contributed by atoms with Gasteiger partial charge in [0.15, 0.2) is 5.78 Å². The predicted molar refractivity (Wildman–Crippen MR) is 46.0 cm³/mol. The van der Waals surface area contributed by atoms with E-state index in [1.807, 2.05) is 0 Å². The van der Waals surface area contributed by atoms with Gasteiger partial charge in [0.05, 0.1) is 12.2 Å². The number of hydrogen-bond donors (Lipinski definition) is 3. The summed E-state index contributed by atoms with van der Waals surface area (Å²) in [5.41, 5.74) is -1.54. The van der Waals surface area contributed by atoms with Crippen molar-refractivity contribution in [3.63, 3.8) is 0 Å². The van der Waals surface area contributed by atoms with Crippen molar-refractivity contribution in [3.8, 4) is 0 Å². The van der Waals surface area contributed by atoms with Gasteiger partial charge >= 0.3 is 0 Å². The van der Waals surface area contributed by atoms with Crippen LogP contribution in [-0.2, 0) is 4.79 Å². The number of ketones is 1. The Morgan fingerprint density at radius 2 is 1.69 bits per heavy atom. The van der Waals surface area contributed by atoms with E-state index in [9.17, 15) is 20.1 Å². The van der Waals surface area contributed by atoms with Gasteiger partial charge < -0.3 is 15.3 Å². The van der Waals surface area contributed by atoms with Crippen molar-refractivity contribution < 1.29 is 20.1 Å². The smallest absolute Gasteiger partial charge is 0.161 e. The molecule has 1 aliphatic carbocycles. The first-order valence-corrected chi connectivity index (χ1v) is 4.46. The summed E-state index contributed by atoms with van der Waals surface area (Å²) < 4.78 is 0. The standard InChI is InChI=1S/C9H16O4/c1-5-7(11)3-9(13,6(2)10)4-8(5)12/h5,7-8,11-13H,3-4H2,1-2H3. The minimum atomic E-state index is -1.54. The van der Waals surface area contributed by atoms with Crippen molar-refractivity contribution in [1.82, 2.24) is 0 Å². The summed E-state index contributed by atoms with van der Waals surface area (Å²) in [5, 5.41) is 28.7. The van der Waals surface area contributed by atoms with Gasteiger partial charge in [-0.3, -0.25) is 4.79 Å². The second-order valence-corrected chi connectivity index (χ2v) is 3.99. The number of aliphatic hydroxyl groups is 3. The van der Waals surface area contributed by atoms with Crippen LogP contribution in [0.25, 0.3) is 0 Å². The Kier molecular flexibility index (Phi) is 2.75. The topological polar surface area (TPSA) is 77.8 Å². The SMILES string of the molecule is CC(=O)C1(O)CC(O)C(C)C(O)C1. The molecule has 0 spiro atoms. The monoisotopic (exact) mass is 188 g/mol. The van der Waals surface area contributed by atoms with Crippen LogP contribution in [0.15, 0.2) is 0 Å². The van der Waals surface area contributed by atoms with Gasteiger partial charge in [-0.25, -0.2) is 0 Å². The number of carbonyl (C=O) groups is 1. The van der Waals surface area contributed by atoms with Crippen LogP contribution >= 0.6 is 0 Å². The summed E-state index contributed by atoms with van der Waals surface area (Å²) in [4.78, 5) is 11.0. The van der Waals surface area contributed by atoms with Crippen molar-refractivity contribution >= 4 is 5.78 Å². The average Bonchev–Trinajstić information content (AvgIpc) is 2.00. The van der Waals surface area contributed by atoms with E-state index in [0.717, 1.165) is 0 Å². The van der Waals surface area contributed by atoms with E-state index in [-0.39, 0.29) is 18.8 Å². The zero-order chi connectivity index (χ0) is 10.2. The molecule has 2 unspecified atom stereocenters. The summed E-state index contributed by atoms with van der Waals surface area (Å²) in [5.74, 6) is -0.669. The third-order valence-electron chi connectivity index (χ3n) is 2.96. The summed E-state index contributed by atoms with van der Waals surface area (Å²) in [6.45, 7) is 2.98. The van der Waals surface area contributed by atoms with Crippen LogP contribution in [0, 0.1) is 5.92 Å². The molecule has 1 rings (SSSR count). The quantitative estimate of drug-likeness (QED) is 0.516. The van der Waals surface area contributed by atoms with Crippen molar-refractivity contribution in [1.29, 1.82) is 0 Å². The lowest BCUT2D eigenvalue weighted by Crippen LogP contribution is -2.52. The number of rotatable bonds is 1. The maximum atomic E-state index is 11.0. The molecule has 13 heavy (non-hydrogen) atoms. The summed E-state index contributed by atoms with van der Waals surface area (Å²) in [7, 11) is 0. The van der Waals surface area contributed by atoms with Crippen molar-refractivity contribution in [2.45, 2.75) is 44.5 Å². The van der Waals surface area contributed by atoms with Gasteiger partial charge in [-0.2, -0.15) is 0 Å². The molecule has 4 nitrogen and oxygen atoms in total. The molecular weight excluding hydrogens is 172 g/mol. The molecule has 0 bridgehead atoms. The normalized spacial score (nSPS) is 46.1. The van der Waals surface area contributed by atoms with Gasteiger partial charge in [-0.05, 0) is 6.92 Å². The van der Waals surface area contributed by atoms with Gasteiger partial charge in [-0.1, -0.05) is 6.92 Å². The summed E-state index contributed by atoms with van der Waals surface area (Å²) >= 11 is 0. The van der Waals surface area contributed by atoms with E-state index in [1.54, 1.807) is 6.92 Å². The maximum Gasteiger partial charge on any atom is 0.161 e. The number of hydrogen-bond acceptors (Lipinski definition) is 4. The molecule has 1 aliphatic rings. The second kappa shape index (κ2) is 3.36. The first-order valence-electron chi connectivity index (χ1n) is 4.46. The Morgan fingerprint density at radius 3 is 2.00 bits per heavy atom. The second-order valence-electron chi connectivity index (χ2n) is 3.99. The highest BCUT2D eigenvalue weighted by Crippen LogP contribution is 2.32. The first kappa shape index (κ1) is 10.6. The molecular formula is C9H16O4. The number of carbonyl (C=O) groups excluding carboxylic acids is 1. The molecule has 0 aliphatic heterocycles. The molecule has 3 N–H and O–H groups in total.